The van der Waals surface area contributed by atoms with E-state index in [0.717, 1.165) is 61.3 Å². The molecular formula is C47H42N2O5+2. The number of fused-ring (bicyclic) bond motifs is 2. The lowest BCUT2D eigenvalue weighted by Gasteiger charge is -2.26. The minimum Gasteiger partial charge on any atom is -0.497 e. The van der Waals surface area contributed by atoms with E-state index in [9.17, 15) is 9.59 Å². The summed E-state index contributed by atoms with van der Waals surface area (Å²) in [6.07, 6.45) is 3.70. The molecule has 0 atom stereocenters. The second-order valence-electron chi connectivity index (χ2n) is 14.1. The van der Waals surface area contributed by atoms with Crippen LogP contribution >= 0.6 is 0 Å². The maximum absolute atomic E-state index is 12.8. The molecule has 0 N–H and O–H groups in total. The first-order valence-electron chi connectivity index (χ1n) is 17.8. The van der Waals surface area contributed by atoms with Gasteiger partial charge in [0.25, 0.3) is 0 Å². The molecule has 7 nitrogen and oxygen atoms in total. The molecule has 8 rings (SSSR count). The summed E-state index contributed by atoms with van der Waals surface area (Å²) in [7, 11) is 1.61. The van der Waals surface area contributed by atoms with Gasteiger partial charge < -0.3 is 13.6 Å². The van der Waals surface area contributed by atoms with Crippen molar-refractivity contribution in [2.24, 2.45) is 0 Å². The lowest BCUT2D eigenvalue weighted by molar-refractivity contribution is -0.623. The van der Waals surface area contributed by atoms with Gasteiger partial charge in [-0.1, -0.05) is 107 Å². The number of benzene rings is 6. The van der Waals surface area contributed by atoms with E-state index in [-0.39, 0.29) is 11.2 Å². The van der Waals surface area contributed by atoms with Gasteiger partial charge in [-0.05, 0) is 78.9 Å². The molecule has 0 bridgehead atoms. The van der Waals surface area contributed by atoms with Crippen LogP contribution in [0, 0.1) is 20.8 Å². The largest absolute Gasteiger partial charge is 0.608 e. The molecule has 2 aromatic heterocycles. The number of aromatic nitrogens is 2. The van der Waals surface area contributed by atoms with Crippen molar-refractivity contribution in [3.63, 3.8) is 0 Å². The molecule has 0 radical (unpaired) electrons. The van der Waals surface area contributed by atoms with Crippen molar-refractivity contribution < 1.29 is 22.7 Å². The third-order valence-corrected chi connectivity index (χ3v) is 9.81. The van der Waals surface area contributed by atoms with Crippen LogP contribution in [-0.4, -0.2) is 7.11 Å². The van der Waals surface area contributed by atoms with Crippen molar-refractivity contribution >= 4 is 21.9 Å². The molecule has 6 aromatic carbocycles. The minimum absolute atomic E-state index is 0.294. The first kappa shape index (κ1) is 35.8. The molecule has 7 heteroatoms. The summed E-state index contributed by atoms with van der Waals surface area (Å²) in [5, 5.41) is 1.79. The number of rotatable bonds is 6. The van der Waals surface area contributed by atoms with Gasteiger partial charge in [-0.2, -0.15) is 9.59 Å². The summed E-state index contributed by atoms with van der Waals surface area (Å²) >= 11 is 0. The number of hydrogen-bond donors (Lipinski definition) is 0. The zero-order valence-electron chi connectivity index (χ0n) is 31.3. The van der Waals surface area contributed by atoms with Crippen molar-refractivity contribution in [2.75, 3.05) is 7.11 Å². The Morgan fingerprint density at radius 1 is 0.556 bits per heavy atom. The van der Waals surface area contributed by atoms with Crippen molar-refractivity contribution in [3.8, 4) is 28.3 Å². The third kappa shape index (κ3) is 7.21. The van der Waals surface area contributed by atoms with E-state index in [1.165, 1.54) is 10.1 Å². The van der Waals surface area contributed by atoms with E-state index in [4.69, 9.17) is 13.6 Å². The van der Waals surface area contributed by atoms with Crippen molar-refractivity contribution in [1.82, 2.24) is 0 Å². The first-order valence-corrected chi connectivity index (χ1v) is 17.8. The van der Waals surface area contributed by atoms with Gasteiger partial charge in [0.1, 0.15) is 5.75 Å². The van der Waals surface area contributed by atoms with Gasteiger partial charge in [-0.15, -0.1) is 0 Å². The van der Waals surface area contributed by atoms with Crippen molar-refractivity contribution in [3.05, 3.63) is 195 Å². The van der Waals surface area contributed by atoms with Crippen LogP contribution in [0.15, 0.2) is 164 Å². The van der Waals surface area contributed by atoms with E-state index in [1.54, 1.807) is 11.7 Å². The lowest BCUT2D eigenvalue weighted by Crippen LogP contribution is -2.46. The molecule has 2 heterocycles. The molecule has 0 aliphatic rings. The van der Waals surface area contributed by atoms with Gasteiger partial charge in [-0.25, -0.2) is 0 Å². The fourth-order valence-electron chi connectivity index (χ4n) is 6.78. The molecule has 0 fully saturated rings. The fraction of sp³-hybridized carbons (Fsp3) is 0.149. The van der Waals surface area contributed by atoms with E-state index in [1.807, 2.05) is 123 Å². The SMILES string of the molecule is COc1ccc(-[n+]2cc3cc(-c4ccccc4)cc(C)c3oc2=O)cc1.Cc1ccc(-[n+]2cc3cc(C)cc(C(C)(C)c4ccccc4)c3oc2=O)cc1. The monoisotopic (exact) mass is 714 g/mol. The van der Waals surface area contributed by atoms with Crippen LogP contribution in [0.2, 0.25) is 0 Å². The predicted molar refractivity (Wildman–Crippen MR) is 213 cm³/mol. The zero-order valence-corrected chi connectivity index (χ0v) is 31.3. The fourth-order valence-corrected chi connectivity index (χ4v) is 6.78. The van der Waals surface area contributed by atoms with Crippen LogP contribution in [0.1, 0.15) is 41.7 Å². The number of nitrogens with zero attached hydrogens (tertiary/aromatic N) is 2. The average Bonchev–Trinajstić information content (AvgIpc) is 3.19. The van der Waals surface area contributed by atoms with E-state index in [0.29, 0.717) is 11.2 Å². The summed E-state index contributed by atoms with van der Waals surface area (Å²) in [5.74, 6) is -0.0646. The van der Waals surface area contributed by atoms with E-state index >= 15 is 0 Å². The maximum atomic E-state index is 12.8. The molecule has 0 aliphatic carbocycles. The normalized spacial score (nSPS) is 11.3. The smallest absolute Gasteiger partial charge is 0.497 e. The highest BCUT2D eigenvalue weighted by Crippen LogP contribution is 2.36. The van der Waals surface area contributed by atoms with E-state index < -0.39 is 5.76 Å². The van der Waals surface area contributed by atoms with Crippen LogP contribution in [-0.2, 0) is 5.41 Å². The molecule has 54 heavy (non-hydrogen) atoms. The second kappa shape index (κ2) is 14.8. The predicted octanol–water partition coefficient (Wildman–Crippen LogP) is 9.07. The summed E-state index contributed by atoms with van der Waals surface area (Å²) in [4.78, 5) is 25.3. The Bertz CT molecular complexity index is 2720. The van der Waals surface area contributed by atoms with Gasteiger partial charge in [0, 0.05) is 35.2 Å². The maximum Gasteiger partial charge on any atom is 0.608 e. The van der Waals surface area contributed by atoms with Crippen LogP contribution in [0.5, 0.6) is 5.75 Å². The summed E-state index contributed by atoms with van der Waals surface area (Å²) in [5.41, 5.74) is 10.1. The topological polar surface area (TPSA) is 77.4 Å². The Hall–Kier alpha value is -6.60. The highest BCUT2D eigenvalue weighted by atomic mass is 16.5. The van der Waals surface area contributed by atoms with Crippen molar-refractivity contribution in [2.45, 2.75) is 40.0 Å². The molecular weight excluding hydrogens is 673 g/mol. The van der Waals surface area contributed by atoms with Gasteiger partial charge >= 0.3 is 11.5 Å². The standard InChI is InChI=1S/C25H24NO2.C22H18NO3/c1-17-10-12-21(13-11-17)26-16-19-14-18(2)15-22(23(19)28-24(26)27)25(3,4)20-8-6-5-7-9-20;1-15-12-17(16-6-4-3-5-7-16)13-18-14-23(22(24)26-21(15)18)19-8-10-20(25-2)11-9-19/h5-16H,1-4H3;3-14H,1-2H3/q2*+1. The highest BCUT2D eigenvalue weighted by Gasteiger charge is 2.29. The molecule has 0 saturated carbocycles. The average molecular weight is 715 g/mol. The Balaban J connectivity index is 0.000000167. The molecule has 0 unspecified atom stereocenters. The molecule has 0 amide bonds. The van der Waals surface area contributed by atoms with Gasteiger partial charge in [0.05, 0.1) is 17.9 Å². The minimum atomic E-state index is -0.418. The van der Waals surface area contributed by atoms with Gasteiger partial charge in [-0.3, -0.25) is 0 Å². The Morgan fingerprint density at radius 3 is 1.69 bits per heavy atom. The first-order chi connectivity index (χ1) is 26.0. The number of hydrogen-bond acceptors (Lipinski definition) is 5. The van der Waals surface area contributed by atoms with Gasteiger partial charge in [0.2, 0.25) is 11.4 Å². The molecule has 268 valence electrons. The third-order valence-electron chi connectivity index (χ3n) is 9.81. The second-order valence-corrected chi connectivity index (χ2v) is 14.1. The molecule has 8 aromatic rings. The van der Waals surface area contributed by atoms with Crippen molar-refractivity contribution in [1.29, 1.82) is 0 Å². The van der Waals surface area contributed by atoms with Crippen LogP contribution in [0.4, 0.5) is 0 Å². The van der Waals surface area contributed by atoms with Crippen LogP contribution in [0.3, 0.4) is 0 Å². The highest BCUT2D eigenvalue weighted by molar-refractivity contribution is 5.85. The zero-order chi connectivity index (χ0) is 38.0. The van der Waals surface area contributed by atoms with Crippen LogP contribution < -0.4 is 25.4 Å². The Kier molecular flexibility index (Phi) is 9.81. The summed E-state index contributed by atoms with van der Waals surface area (Å²) < 4.78 is 19.7. The number of aryl methyl sites for hydroxylation is 3. The Labute approximate surface area is 314 Å². The quantitative estimate of drug-likeness (QED) is 0.161. The molecule has 0 spiro atoms. The molecule has 0 saturated heterocycles. The number of ether oxygens (including phenoxy) is 1. The van der Waals surface area contributed by atoms with E-state index in [2.05, 4.69) is 57.2 Å². The lowest BCUT2D eigenvalue weighted by atomic mass is 9.77. The molecule has 0 aliphatic heterocycles. The summed E-state index contributed by atoms with van der Waals surface area (Å²) in [6.45, 7) is 10.4. The number of methoxy groups -OCH3 is 1. The van der Waals surface area contributed by atoms with Gasteiger partial charge in [0.15, 0.2) is 23.6 Å². The summed E-state index contributed by atoms with van der Waals surface area (Å²) in [6, 6.07) is 43.9. The van der Waals surface area contributed by atoms with Crippen LogP contribution in [0.25, 0.3) is 44.4 Å². The Morgan fingerprint density at radius 2 is 1.09 bits per heavy atom.